The number of nitrogens with two attached hydrogens (primary N) is 1. The van der Waals surface area contributed by atoms with Crippen molar-refractivity contribution < 1.29 is 4.39 Å². The molecule has 0 aliphatic rings. The van der Waals surface area contributed by atoms with Crippen LogP contribution in [0.4, 0.5) is 4.39 Å². The molecule has 1 aromatic rings. The maximum atomic E-state index is 12.8. The van der Waals surface area contributed by atoms with Gasteiger partial charge in [0.05, 0.1) is 0 Å². The Hall–Kier alpha value is -0.540. The molecule has 0 heterocycles. The van der Waals surface area contributed by atoms with Crippen LogP contribution in [0.15, 0.2) is 29.2 Å². The lowest BCUT2D eigenvalue weighted by Gasteiger charge is -2.09. The monoisotopic (exact) mass is 213 g/mol. The summed E-state index contributed by atoms with van der Waals surface area (Å²) in [5.74, 6) is 0.677. The summed E-state index contributed by atoms with van der Waals surface area (Å²) in [4.78, 5) is 0.955. The molecule has 0 unspecified atom stereocenters. The van der Waals surface area contributed by atoms with E-state index in [0.717, 1.165) is 23.5 Å². The molecule has 78 valence electrons. The van der Waals surface area contributed by atoms with E-state index in [2.05, 4.69) is 6.92 Å². The van der Waals surface area contributed by atoms with Crippen molar-refractivity contribution in [1.82, 2.24) is 0 Å². The summed E-state index contributed by atoms with van der Waals surface area (Å²) < 4.78 is 12.8. The predicted molar refractivity (Wildman–Crippen MR) is 60.0 cm³/mol. The second-order valence-electron chi connectivity index (χ2n) is 3.32. The Kier molecular flexibility index (Phi) is 4.98. The highest BCUT2D eigenvalue weighted by Gasteiger charge is 2.02. The van der Waals surface area contributed by atoms with Crippen LogP contribution in [0.3, 0.4) is 0 Å². The molecule has 1 atom stereocenters. The minimum absolute atomic E-state index is 0.181. The van der Waals surface area contributed by atoms with Crippen LogP contribution in [0.2, 0.25) is 0 Å². The van der Waals surface area contributed by atoms with Gasteiger partial charge in [0.2, 0.25) is 0 Å². The topological polar surface area (TPSA) is 26.0 Å². The molecule has 3 heteroatoms. The highest BCUT2D eigenvalue weighted by molar-refractivity contribution is 7.99. The average Bonchev–Trinajstić information content (AvgIpc) is 2.15. The smallest absolute Gasteiger partial charge is 0.124 e. The van der Waals surface area contributed by atoms with Crippen molar-refractivity contribution in [3.63, 3.8) is 0 Å². The summed E-state index contributed by atoms with van der Waals surface area (Å²) in [6.45, 7) is 2.12. The van der Waals surface area contributed by atoms with Gasteiger partial charge in [0.25, 0.3) is 0 Å². The lowest BCUT2D eigenvalue weighted by Crippen LogP contribution is -2.22. The van der Waals surface area contributed by atoms with Gasteiger partial charge in [0, 0.05) is 16.7 Å². The Morgan fingerprint density at radius 3 is 2.93 bits per heavy atom. The van der Waals surface area contributed by atoms with Crippen molar-refractivity contribution in [2.75, 3.05) is 5.75 Å². The molecule has 0 fully saturated rings. The van der Waals surface area contributed by atoms with Crippen LogP contribution < -0.4 is 5.73 Å². The van der Waals surface area contributed by atoms with Crippen molar-refractivity contribution in [3.05, 3.63) is 30.1 Å². The molecular weight excluding hydrogens is 197 g/mol. The molecule has 0 aliphatic carbocycles. The zero-order chi connectivity index (χ0) is 10.4. The summed E-state index contributed by atoms with van der Waals surface area (Å²) in [6, 6.07) is 6.85. The van der Waals surface area contributed by atoms with Gasteiger partial charge in [-0.25, -0.2) is 4.39 Å². The van der Waals surface area contributed by atoms with Gasteiger partial charge in [-0.2, -0.15) is 0 Å². The van der Waals surface area contributed by atoms with Gasteiger partial charge in [-0.15, -0.1) is 11.8 Å². The summed E-state index contributed by atoms with van der Waals surface area (Å²) in [7, 11) is 0. The first kappa shape index (κ1) is 11.5. The van der Waals surface area contributed by atoms with Gasteiger partial charge in [-0.3, -0.25) is 0 Å². The highest BCUT2D eigenvalue weighted by Crippen LogP contribution is 2.19. The molecule has 0 saturated carbocycles. The number of hydrogen-bond acceptors (Lipinski definition) is 2. The molecule has 0 aromatic heterocycles. The molecule has 0 spiro atoms. The Labute approximate surface area is 88.9 Å². The van der Waals surface area contributed by atoms with Crippen LogP contribution in [0.25, 0.3) is 0 Å². The Bertz CT molecular complexity index is 278. The number of halogens is 1. The molecule has 0 bridgehead atoms. The second kappa shape index (κ2) is 6.04. The predicted octanol–water partition coefficient (Wildman–Crippen LogP) is 3.05. The van der Waals surface area contributed by atoms with E-state index in [0.29, 0.717) is 0 Å². The van der Waals surface area contributed by atoms with Gasteiger partial charge < -0.3 is 5.73 Å². The Morgan fingerprint density at radius 2 is 2.29 bits per heavy atom. The van der Waals surface area contributed by atoms with E-state index in [-0.39, 0.29) is 11.9 Å². The minimum Gasteiger partial charge on any atom is -0.327 e. The number of hydrogen-bond donors (Lipinski definition) is 1. The lowest BCUT2D eigenvalue weighted by atomic mass is 10.2. The third kappa shape index (κ3) is 4.11. The third-order valence-electron chi connectivity index (χ3n) is 1.92. The van der Waals surface area contributed by atoms with E-state index in [1.165, 1.54) is 6.07 Å². The second-order valence-corrected chi connectivity index (χ2v) is 4.41. The average molecular weight is 213 g/mol. The molecular formula is C11H16FNS. The summed E-state index contributed by atoms with van der Waals surface area (Å²) in [5.41, 5.74) is 5.86. The summed E-state index contributed by atoms with van der Waals surface area (Å²) >= 11 is 1.62. The molecule has 0 aliphatic heterocycles. The normalized spacial score (nSPS) is 12.8. The fourth-order valence-corrected chi connectivity index (χ4v) is 2.16. The minimum atomic E-state index is -0.181. The molecule has 0 saturated heterocycles. The fraction of sp³-hybridized carbons (Fsp3) is 0.455. The SMILES string of the molecule is CCC[C@@H](N)CSc1cccc(F)c1. The highest BCUT2D eigenvalue weighted by atomic mass is 32.2. The van der Waals surface area contributed by atoms with Crippen molar-refractivity contribution in [1.29, 1.82) is 0 Å². The molecule has 2 N–H and O–H groups in total. The maximum Gasteiger partial charge on any atom is 0.124 e. The van der Waals surface area contributed by atoms with Crippen LogP contribution in [0.5, 0.6) is 0 Å². The zero-order valence-electron chi connectivity index (χ0n) is 8.37. The van der Waals surface area contributed by atoms with Crippen LogP contribution in [-0.4, -0.2) is 11.8 Å². The molecule has 1 rings (SSSR count). The molecule has 14 heavy (non-hydrogen) atoms. The molecule has 0 amide bonds. The van der Waals surface area contributed by atoms with E-state index in [1.54, 1.807) is 23.9 Å². The molecule has 1 aromatic carbocycles. The van der Waals surface area contributed by atoms with E-state index >= 15 is 0 Å². The van der Waals surface area contributed by atoms with Crippen LogP contribution >= 0.6 is 11.8 Å². The Balaban J connectivity index is 2.37. The third-order valence-corrected chi connectivity index (χ3v) is 3.10. The molecule has 0 radical (unpaired) electrons. The molecule has 1 nitrogen and oxygen atoms in total. The van der Waals surface area contributed by atoms with E-state index in [1.807, 2.05) is 6.07 Å². The van der Waals surface area contributed by atoms with Gasteiger partial charge in [-0.1, -0.05) is 19.4 Å². The first-order valence-electron chi connectivity index (χ1n) is 4.86. The van der Waals surface area contributed by atoms with Gasteiger partial charge in [-0.05, 0) is 24.6 Å². The lowest BCUT2D eigenvalue weighted by molar-refractivity contribution is 0.624. The number of thioether (sulfide) groups is 1. The van der Waals surface area contributed by atoms with Crippen LogP contribution in [0.1, 0.15) is 19.8 Å². The first-order chi connectivity index (χ1) is 6.72. The maximum absolute atomic E-state index is 12.8. The van der Waals surface area contributed by atoms with E-state index in [4.69, 9.17) is 5.73 Å². The van der Waals surface area contributed by atoms with Gasteiger partial charge >= 0.3 is 0 Å². The zero-order valence-corrected chi connectivity index (χ0v) is 9.19. The van der Waals surface area contributed by atoms with Gasteiger partial charge in [0.1, 0.15) is 5.82 Å². The van der Waals surface area contributed by atoms with Crippen molar-refractivity contribution in [3.8, 4) is 0 Å². The van der Waals surface area contributed by atoms with E-state index in [9.17, 15) is 4.39 Å². The van der Waals surface area contributed by atoms with Crippen molar-refractivity contribution >= 4 is 11.8 Å². The van der Waals surface area contributed by atoms with Gasteiger partial charge in [0.15, 0.2) is 0 Å². The van der Waals surface area contributed by atoms with Crippen molar-refractivity contribution in [2.24, 2.45) is 5.73 Å². The first-order valence-corrected chi connectivity index (χ1v) is 5.85. The quantitative estimate of drug-likeness (QED) is 0.761. The van der Waals surface area contributed by atoms with Crippen molar-refractivity contribution in [2.45, 2.75) is 30.7 Å². The fourth-order valence-electron chi connectivity index (χ4n) is 1.21. The number of rotatable bonds is 5. The summed E-state index contributed by atoms with van der Waals surface area (Å²) in [6.07, 6.45) is 2.13. The standard InChI is InChI=1S/C11H16FNS/c1-2-4-10(13)8-14-11-6-3-5-9(12)7-11/h3,5-7,10H,2,4,8,13H2,1H3/t10-/m1/s1. The van der Waals surface area contributed by atoms with E-state index < -0.39 is 0 Å². The van der Waals surface area contributed by atoms with Crippen LogP contribution in [-0.2, 0) is 0 Å². The summed E-state index contributed by atoms with van der Waals surface area (Å²) in [5, 5.41) is 0. The Morgan fingerprint density at radius 1 is 1.50 bits per heavy atom. The van der Waals surface area contributed by atoms with Crippen LogP contribution in [0, 0.1) is 5.82 Å². The number of benzene rings is 1. The largest absolute Gasteiger partial charge is 0.327 e.